The zero-order valence-corrected chi connectivity index (χ0v) is 15.6. The summed E-state index contributed by atoms with van der Waals surface area (Å²) in [4.78, 5) is 13.0. The van der Waals surface area contributed by atoms with Gasteiger partial charge in [0.2, 0.25) is 0 Å². The van der Waals surface area contributed by atoms with Gasteiger partial charge in [-0.1, -0.05) is 48.5 Å². The molecule has 5 aromatic rings. The van der Waals surface area contributed by atoms with Gasteiger partial charge in [-0.2, -0.15) is 5.10 Å². The molecule has 0 fully saturated rings. The summed E-state index contributed by atoms with van der Waals surface area (Å²) in [7, 11) is 0. The minimum atomic E-state index is 0.663. The van der Waals surface area contributed by atoms with Crippen molar-refractivity contribution >= 4 is 16.9 Å². The van der Waals surface area contributed by atoms with E-state index < -0.39 is 0 Å². The smallest absolute Gasteiger partial charge is 0.168 e. The first-order valence-corrected chi connectivity index (χ1v) is 9.36. The molecule has 0 aliphatic carbocycles. The molecular formula is C23H18N6. The third-order valence-electron chi connectivity index (χ3n) is 4.78. The molecule has 140 valence electrons. The Morgan fingerprint density at radius 1 is 0.793 bits per heavy atom. The lowest BCUT2D eigenvalue weighted by Crippen LogP contribution is -2.03. The summed E-state index contributed by atoms with van der Waals surface area (Å²) >= 11 is 0. The van der Waals surface area contributed by atoms with Gasteiger partial charge in [0.05, 0.1) is 17.3 Å². The Bertz CT molecular complexity index is 1230. The van der Waals surface area contributed by atoms with Gasteiger partial charge in [-0.05, 0) is 34.9 Å². The SMILES string of the molecule is c1ccc(-n2ncc3c(NCc4ccc(-c5cccnc5)cc4)ncnc32)cc1. The van der Waals surface area contributed by atoms with Crippen LogP contribution in [-0.2, 0) is 6.54 Å². The molecule has 0 unspecified atom stereocenters. The van der Waals surface area contributed by atoms with Crippen molar-refractivity contribution in [2.75, 3.05) is 5.32 Å². The fraction of sp³-hybridized carbons (Fsp3) is 0.0435. The van der Waals surface area contributed by atoms with Gasteiger partial charge in [0.1, 0.15) is 12.1 Å². The molecule has 0 radical (unpaired) electrons. The van der Waals surface area contributed by atoms with Gasteiger partial charge in [-0.25, -0.2) is 14.6 Å². The number of hydrogen-bond donors (Lipinski definition) is 1. The number of fused-ring (bicyclic) bond motifs is 1. The summed E-state index contributed by atoms with van der Waals surface area (Å²) in [5, 5.41) is 8.80. The van der Waals surface area contributed by atoms with Crippen LogP contribution < -0.4 is 5.32 Å². The van der Waals surface area contributed by atoms with Crippen LogP contribution in [0.1, 0.15) is 5.56 Å². The van der Waals surface area contributed by atoms with Crippen molar-refractivity contribution in [3.8, 4) is 16.8 Å². The Morgan fingerprint density at radius 3 is 2.45 bits per heavy atom. The first-order valence-electron chi connectivity index (χ1n) is 9.36. The van der Waals surface area contributed by atoms with Gasteiger partial charge >= 0.3 is 0 Å². The van der Waals surface area contributed by atoms with Crippen molar-refractivity contribution in [2.24, 2.45) is 0 Å². The normalized spacial score (nSPS) is 10.9. The highest BCUT2D eigenvalue weighted by atomic mass is 15.3. The highest BCUT2D eigenvalue weighted by Crippen LogP contribution is 2.23. The fourth-order valence-corrected chi connectivity index (χ4v) is 3.28. The van der Waals surface area contributed by atoms with Crippen LogP contribution >= 0.6 is 0 Å². The lowest BCUT2D eigenvalue weighted by molar-refractivity contribution is 0.895. The van der Waals surface area contributed by atoms with Crippen molar-refractivity contribution in [3.05, 3.63) is 97.2 Å². The number of pyridine rings is 1. The Kier molecular flexibility index (Phi) is 4.42. The van der Waals surface area contributed by atoms with Crippen LogP contribution in [0.4, 0.5) is 5.82 Å². The molecule has 0 aliphatic rings. The number of hydrogen-bond acceptors (Lipinski definition) is 5. The van der Waals surface area contributed by atoms with Gasteiger partial charge in [-0.3, -0.25) is 4.98 Å². The van der Waals surface area contributed by atoms with Gasteiger partial charge in [-0.15, -0.1) is 0 Å². The van der Waals surface area contributed by atoms with Crippen molar-refractivity contribution in [3.63, 3.8) is 0 Å². The van der Waals surface area contributed by atoms with E-state index in [-0.39, 0.29) is 0 Å². The number of anilines is 1. The zero-order valence-electron chi connectivity index (χ0n) is 15.6. The molecule has 0 amide bonds. The predicted octanol–water partition coefficient (Wildman–Crippen LogP) is 4.49. The molecule has 2 aromatic carbocycles. The van der Waals surface area contributed by atoms with E-state index in [2.05, 4.69) is 55.7 Å². The van der Waals surface area contributed by atoms with Crippen molar-refractivity contribution < 1.29 is 0 Å². The van der Waals surface area contributed by atoms with Crippen LogP contribution in [0.5, 0.6) is 0 Å². The Balaban J connectivity index is 1.37. The van der Waals surface area contributed by atoms with Crippen LogP contribution in [0.25, 0.3) is 27.8 Å². The molecule has 3 heterocycles. The van der Waals surface area contributed by atoms with E-state index in [1.165, 1.54) is 5.56 Å². The van der Waals surface area contributed by atoms with Crippen LogP contribution in [0.2, 0.25) is 0 Å². The molecule has 0 aliphatic heterocycles. The first kappa shape index (κ1) is 17.1. The molecule has 0 atom stereocenters. The quantitative estimate of drug-likeness (QED) is 0.488. The number of nitrogens with one attached hydrogen (secondary N) is 1. The molecular weight excluding hydrogens is 360 g/mol. The lowest BCUT2D eigenvalue weighted by atomic mass is 10.1. The largest absolute Gasteiger partial charge is 0.365 e. The molecule has 6 heteroatoms. The van der Waals surface area contributed by atoms with Crippen molar-refractivity contribution in [1.29, 1.82) is 0 Å². The van der Waals surface area contributed by atoms with E-state index in [0.717, 1.165) is 33.7 Å². The Hall–Kier alpha value is -4.06. The highest BCUT2D eigenvalue weighted by Gasteiger charge is 2.10. The average Bonchev–Trinajstić information content (AvgIpc) is 3.24. The zero-order chi connectivity index (χ0) is 19.5. The Morgan fingerprint density at radius 2 is 1.66 bits per heavy atom. The molecule has 0 spiro atoms. The molecule has 0 bridgehead atoms. The first-order chi connectivity index (χ1) is 14.4. The van der Waals surface area contributed by atoms with E-state index in [0.29, 0.717) is 6.54 Å². The van der Waals surface area contributed by atoms with Crippen LogP contribution in [0.15, 0.2) is 91.6 Å². The molecule has 29 heavy (non-hydrogen) atoms. The molecule has 0 saturated heterocycles. The molecule has 1 N–H and O–H groups in total. The predicted molar refractivity (Wildman–Crippen MR) is 114 cm³/mol. The van der Waals surface area contributed by atoms with Gasteiger partial charge in [0, 0.05) is 18.9 Å². The fourth-order valence-electron chi connectivity index (χ4n) is 3.28. The van der Waals surface area contributed by atoms with E-state index in [1.807, 2.05) is 47.3 Å². The molecule has 3 aromatic heterocycles. The Labute approximate surface area is 167 Å². The van der Waals surface area contributed by atoms with E-state index in [1.54, 1.807) is 18.7 Å². The standard InChI is InChI=1S/C23H18N6/c1-2-6-20(7-3-1)29-23-21(15-28-29)22(26-16-27-23)25-13-17-8-10-18(11-9-17)19-5-4-12-24-14-19/h1-12,14-16H,13H2,(H,25,26,27). The maximum Gasteiger partial charge on any atom is 0.168 e. The molecule has 0 saturated carbocycles. The number of aromatic nitrogens is 5. The number of benzene rings is 2. The van der Waals surface area contributed by atoms with E-state index in [4.69, 9.17) is 0 Å². The molecule has 5 rings (SSSR count). The summed E-state index contributed by atoms with van der Waals surface area (Å²) in [6.07, 6.45) is 7.02. The van der Waals surface area contributed by atoms with E-state index >= 15 is 0 Å². The summed E-state index contributed by atoms with van der Waals surface area (Å²) in [6, 6.07) is 22.4. The summed E-state index contributed by atoms with van der Waals surface area (Å²) in [5.74, 6) is 0.772. The van der Waals surface area contributed by atoms with Crippen molar-refractivity contribution in [1.82, 2.24) is 24.7 Å². The monoisotopic (exact) mass is 378 g/mol. The van der Waals surface area contributed by atoms with Crippen molar-refractivity contribution in [2.45, 2.75) is 6.54 Å². The van der Waals surface area contributed by atoms with Gasteiger partial charge in [0.15, 0.2) is 5.65 Å². The molecule has 6 nitrogen and oxygen atoms in total. The minimum Gasteiger partial charge on any atom is -0.365 e. The van der Waals surface area contributed by atoms with Crippen LogP contribution in [0, 0.1) is 0 Å². The number of rotatable bonds is 5. The van der Waals surface area contributed by atoms with Gasteiger partial charge < -0.3 is 5.32 Å². The van der Waals surface area contributed by atoms with Crippen LogP contribution in [-0.4, -0.2) is 24.7 Å². The number of nitrogens with zero attached hydrogens (tertiary/aromatic N) is 5. The van der Waals surface area contributed by atoms with Gasteiger partial charge in [0.25, 0.3) is 0 Å². The summed E-state index contributed by atoms with van der Waals surface area (Å²) in [5.41, 5.74) is 5.17. The summed E-state index contributed by atoms with van der Waals surface area (Å²) < 4.78 is 1.82. The minimum absolute atomic E-state index is 0.663. The average molecular weight is 378 g/mol. The summed E-state index contributed by atoms with van der Waals surface area (Å²) in [6.45, 7) is 0.663. The maximum atomic E-state index is 4.49. The second kappa shape index (κ2) is 7.52. The highest BCUT2D eigenvalue weighted by molar-refractivity contribution is 5.87. The second-order valence-corrected chi connectivity index (χ2v) is 6.64. The topological polar surface area (TPSA) is 68.5 Å². The third-order valence-corrected chi connectivity index (χ3v) is 4.78. The second-order valence-electron chi connectivity index (χ2n) is 6.64. The third kappa shape index (κ3) is 3.43. The maximum absolute atomic E-state index is 4.49. The van der Waals surface area contributed by atoms with Crippen LogP contribution in [0.3, 0.4) is 0 Å². The number of para-hydroxylation sites is 1. The van der Waals surface area contributed by atoms with E-state index in [9.17, 15) is 0 Å². The lowest BCUT2D eigenvalue weighted by Gasteiger charge is -2.08.